The molecule has 2 aromatic carbocycles. The molecule has 0 unspecified atom stereocenters. The van der Waals surface area contributed by atoms with Crippen molar-refractivity contribution < 1.29 is 22.8 Å². The highest BCUT2D eigenvalue weighted by atomic mass is 32.1. The van der Waals surface area contributed by atoms with Crippen molar-refractivity contribution in [3.05, 3.63) is 64.7 Å². The molecule has 2 heterocycles. The minimum atomic E-state index is -4.38. The van der Waals surface area contributed by atoms with Crippen LogP contribution >= 0.6 is 11.3 Å². The first-order valence-electron chi connectivity index (χ1n) is 10.0. The Hall–Kier alpha value is -3.20. The lowest BCUT2D eigenvalue weighted by Gasteiger charge is -2.28. The number of benzene rings is 2. The van der Waals surface area contributed by atoms with E-state index in [1.807, 2.05) is 12.1 Å². The van der Waals surface area contributed by atoms with Crippen molar-refractivity contribution in [1.82, 2.24) is 4.98 Å². The molecule has 1 N–H and O–H groups in total. The molecular weight excluding hydrogens is 439 g/mol. The third kappa shape index (κ3) is 4.83. The van der Waals surface area contributed by atoms with Gasteiger partial charge in [-0.3, -0.25) is 9.59 Å². The average Bonchev–Trinajstić information content (AvgIpc) is 3.20. The summed E-state index contributed by atoms with van der Waals surface area (Å²) < 4.78 is 38.2. The van der Waals surface area contributed by atoms with Crippen LogP contribution in [0.4, 0.5) is 24.5 Å². The molecular formula is C23H20F3N3O2S. The Kier molecular flexibility index (Phi) is 6.01. The van der Waals surface area contributed by atoms with Gasteiger partial charge in [-0.15, -0.1) is 11.3 Å². The molecule has 2 amide bonds. The second-order valence-electron chi connectivity index (χ2n) is 7.56. The number of thiazole rings is 1. The minimum absolute atomic E-state index is 0.00452. The van der Waals surface area contributed by atoms with Crippen LogP contribution in [0.15, 0.2) is 47.8 Å². The molecule has 3 aromatic rings. The quantitative estimate of drug-likeness (QED) is 0.575. The van der Waals surface area contributed by atoms with Crippen molar-refractivity contribution in [2.45, 2.75) is 32.4 Å². The van der Waals surface area contributed by atoms with E-state index in [9.17, 15) is 22.8 Å². The second kappa shape index (κ2) is 8.74. The predicted molar refractivity (Wildman–Crippen MR) is 118 cm³/mol. The molecule has 0 saturated carbocycles. The standard InChI is InChI=1S/C23H20F3N3O2S/c1-14(30)29-10-2-3-16-11-18(8-9-20(16)29)27-21(31)12-19-13-32-22(28-19)15-4-6-17(7-5-15)23(24,25)26/h4-9,11,13H,2-3,10,12H2,1H3,(H,27,31). The summed E-state index contributed by atoms with van der Waals surface area (Å²) in [6, 6.07) is 10.3. The number of nitrogens with zero attached hydrogens (tertiary/aromatic N) is 2. The SMILES string of the molecule is CC(=O)N1CCCc2cc(NC(=O)Cc3csc(-c4ccc(C(F)(F)F)cc4)n3)ccc21. The largest absolute Gasteiger partial charge is 0.416 e. The molecule has 4 rings (SSSR count). The minimum Gasteiger partial charge on any atom is -0.326 e. The van der Waals surface area contributed by atoms with Crippen LogP contribution in [-0.2, 0) is 28.6 Å². The van der Waals surface area contributed by atoms with Gasteiger partial charge in [0.05, 0.1) is 17.7 Å². The van der Waals surface area contributed by atoms with Gasteiger partial charge in [0.2, 0.25) is 11.8 Å². The smallest absolute Gasteiger partial charge is 0.326 e. The van der Waals surface area contributed by atoms with Crippen LogP contribution in [0.3, 0.4) is 0 Å². The van der Waals surface area contributed by atoms with E-state index >= 15 is 0 Å². The number of hydrogen-bond donors (Lipinski definition) is 1. The van der Waals surface area contributed by atoms with E-state index in [2.05, 4.69) is 10.3 Å². The fourth-order valence-corrected chi connectivity index (χ4v) is 4.52. The predicted octanol–water partition coefficient (Wildman–Crippen LogP) is 5.31. The number of halogens is 3. The van der Waals surface area contributed by atoms with Crippen molar-refractivity contribution in [2.24, 2.45) is 0 Å². The molecule has 0 spiro atoms. The summed E-state index contributed by atoms with van der Waals surface area (Å²) in [5.74, 6) is -0.247. The van der Waals surface area contributed by atoms with E-state index in [1.54, 1.807) is 16.3 Å². The van der Waals surface area contributed by atoms with Crippen LogP contribution in [0.1, 0.15) is 30.2 Å². The average molecular weight is 459 g/mol. The summed E-state index contributed by atoms with van der Waals surface area (Å²) >= 11 is 1.28. The number of aryl methyl sites for hydroxylation is 1. The van der Waals surface area contributed by atoms with Gasteiger partial charge in [0.15, 0.2) is 0 Å². The van der Waals surface area contributed by atoms with E-state index in [-0.39, 0.29) is 18.2 Å². The molecule has 32 heavy (non-hydrogen) atoms. The van der Waals surface area contributed by atoms with Crippen LogP contribution in [0.5, 0.6) is 0 Å². The zero-order valence-corrected chi connectivity index (χ0v) is 18.0. The highest BCUT2D eigenvalue weighted by Crippen LogP contribution is 2.32. The lowest BCUT2D eigenvalue weighted by atomic mass is 10.0. The Morgan fingerprint density at radius 2 is 1.91 bits per heavy atom. The number of amides is 2. The van der Waals surface area contributed by atoms with Gasteiger partial charge in [0.25, 0.3) is 0 Å². The first kappa shape index (κ1) is 22.0. The molecule has 0 atom stereocenters. The number of hydrogen-bond acceptors (Lipinski definition) is 4. The van der Waals surface area contributed by atoms with Crippen molar-refractivity contribution in [3.63, 3.8) is 0 Å². The molecule has 1 aliphatic rings. The lowest BCUT2D eigenvalue weighted by Crippen LogP contribution is -2.33. The Morgan fingerprint density at radius 1 is 1.16 bits per heavy atom. The molecule has 0 radical (unpaired) electrons. The van der Waals surface area contributed by atoms with Crippen molar-refractivity contribution in [3.8, 4) is 10.6 Å². The molecule has 166 valence electrons. The maximum Gasteiger partial charge on any atom is 0.416 e. The highest BCUT2D eigenvalue weighted by molar-refractivity contribution is 7.13. The summed E-state index contributed by atoms with van der Waals surface area (Å²) in [5, 5.41) is 5.14. The molecule has 1 aliphatic heterocycles. The Balaban J connectivity index is 1.41. The van der Waals surface area contributed by atoms with Gasteiger partial charge in [0, 0.05) is 35.8 Å². The number of nitrogens with one attached hydrogen (secondary N) is 1. The first-order chi connectivity index (χ1) is 15.2. The zero-order valence-electron chi connectivity index (χ0n) is 17.2. The van der Waals surface area contributed by atoms with E-state index in [0.29, 0.717) is 28.5 Å². The molecule has 0 saturated heterocycles. The lowest BCUT2D eigenvalue weighted by molar-refractivity contribution is -0.137. The van der Waals surface area contributed by atoms with Crippen molar-refractivity contribution >= 4 is 34.5 Å². The molecule has 5 nitrogen and oxygen atoms in total. The van der Waals surface area contributed by atoms with Crippen molar-refractivity contribution in [1.29, 1.82) is 0 Å². The molecule has 0 fully saturated rings. The van der Waals surface area contributed by atoms with Crippen molar-refractivity contribution in [2.75, 3.05) is 16.8 Å². The number of alkyl halides is 3. The number of rotatable bonds is 4. The summed E-state index contributed by atoms with van der Waals surface area (Å²) in [6.07, 6.45) is -2.62. The second-order valence-corrected chi connectivity index (χ2v) is 8.42. The maximum absolute atomic E-state index is 12.7. The van der Waals surface area contributed by atoms with E-state index < -0.39 is 11.7 Å². The zero-order chi connectivity index (χ0) is 22.9. The van der Waals surface area contributed by atoms with Crippen LogP contribution in [0, 0.1) is 0 Å². The van der Waals surface area contributed by atoms with E-state index in [0.717, 1.165) is 36.2 Å². The fourth-order valence-electron chi connectivity index (χ4n) is 3.69. The molecule has 9 heteroatoms. The fraction of sp³-hybridized carbons (Fsp3) is 0.261. The van der Waals surface area contributed by atoms with Crippen LogP contribution in [0.25, 0.3) is 10.6 Å². The van der Waals surface area contributed by atoms with Crippen LogP contribution in [-0.4, -0.2) is 23.3 Å². The summed E-state index contributed by atoms with van der Waals surface area (Å²) in [5.41, 5.74) is 2.94. The number of carbonyl (C=O) groups is 2. The summed E-state index contributed by atoms with van der Waals surface area (Å²) in [4.78, 5) is 30.4. The number of carbonyl (C=O) groups excluding carboxylic acids is 2. The van der Waals surface area contributed by atoms with E-state index in [4.69, 9.17) is 0 Å². The normalized spacial score (nSPS) is 13.6. The summed E-state index contributed by atoms with van der Waals surface area (Å²) in [7, 11) is 0. The Morgan fingerprint density at radius 3 is 2.59 bits per heavy atom. The third-order valence-corrected chi connectivity index (χ3v) is 6.15. The van der Waals surface area contributed by atoms with Gasteiger partial charge in [-0.2, -0.15) is 13.2 Å². The van der Waals surface area contributed by atoms with Gasteiger partial charge in [-0.05, 0) is 48.7 Å². The monoisotopic (exact) mass is 459 g/mol. The van der Waals surface area contributed by atoms with E-state index in [1.165, 1.54) is 30.4 Å². The summed E-state index contributed by atoms with van der Waals surface area (Å²) in [6.45, 7) is 2.23. The van der Waals surface area contributed by atoms with Gasteiger partial charge in [-0.25, -0.2) is 4.98 Å². The molecule has 0 bridgehead atoms. The van der Waals surface area contributed by atoms with Crippen LogP contribution < -0.4 is 10.2 Å². The van der Waals surface area contributed by atoms with Crippen LogP contribution in [0.2, 0.25) is 0 Å². The maximum atomic E-state index is 12.7. The Labute approximate surface area is 186 Å². The third-order valence-electron chi connectivity index (χ3n) is 5.21. The molecule has 1 aromatic heterocycles. The van der Waals surface area contributed by atoms with Gasteiger partial charge < -0.3 is 10.2 Å². The number of fused-ring (bicyclic) bond motifs is 1. The number of aromatic nitrogens is 1. The Bertz CT molecular complexity index is 1160. The number of anilines is 2. The highest BCUT2D eigenvalue weighted by Gasteiger charge is 2.30. The first-order valence-corrected chi connectivity index (χ1v) is 10.9. The van der Waals surface area contributed by atoms with Gasteiger partial charge in [0.1, 0.15) is 5.01 Å². The topological polar surface area (TPSA) is 62.3 Å². The van der Waals surface area contributed by atoms with Gasteiger partial charge >= 0.3 is 6.18 Å². The van der Waals surface area contributed by atoms with Gasteiger partial charge in [-0.1, -0.05) is 12.1 Å². The molecule has 0 aliphatic carbocycles.